The molecule has 136 valence electrons. The molecule has 0 radical (unpaired) electrons. The fraction of sp³-hybridized carbons (Fsp3) is 0.190. The lowest BCUT2D eigenvalue weighted by atomic mass is 10.1. The predicted molar refractivity (Wildman–Crippen MR) is 105 cm³/mol. The Hall–Kier alpha value is -3.25. The third-order valence-corrected chi connectivity index (χ3v) is 4.60. The van der Waals surface area contributed by atoms with Gasteiger partial charge >= 0.3 is 0 Å². The van der Waals surface area contributed by atoms with Gasteiger partial charge in [-0.05, 0) is 37.2 Å². The van der Waals surface area contributed by atoms with Crippen LogP contribution in [0.25, 0.3) is 10.9 Å². The van der Waals surface area contributed by atoms with Crippen molar-refractivity contribution in [1.29, 1.82) is 0 Å². The van der Waals surface area contributed by atoms with Gasteiger partial charge in [0.15, 0.2) is 0 Å². The third kappa shape index (κ3) is 3.52. The van der Waals surface area contributed by atoms with Gasteiger partial charge in [0.1, 0.15) is 5.82 Å². The molecule has 0 unspecified atom stereocenters. The van der Waals surface area contributed by atoms with Crippen molar-refractivity contribution in [2.24, 2.45) is 0 Å². The molecule has 0 fully saturated rings. The zero-order valence-electron chi connectivity index (χ0n) is 15.1. The lowest BCUT2D eigenvalue weighted by molar-refractivity contribution is -0.119. The van der Waals surface area contributed by atoms with Crippen molar-refractivity contribution in [2.45, 2.75) is 13.0 Å². The first-order valence-corrected chi connectivity index (χ1v) is 8.85. The van der Waals surface area contributed by atoms with Crippen molar-refractivity contribution in [2.75, 3.05) is 18.5 Å². The van der Waals surface area contributed by atoms with Crippen LogP contribution in [0, 0.1) is 0 Å². The zero-order valence-corrected chi connectivity index (χ0v) is 15.1. The maximum Gasteiger partial charge on any atom is 0.258 e. The minimum atomic E-state index is -0.164. The summed E-state index contributed by atoms with van der Waals surface area (Å²) in [5, 5.41) is 0.565. The number of para-hydroxylation sites is 2. The second-order valence-electron chi connectivity index (χ2n) is 6.68. The number of nitrogens with one attached hydrogen (secondary N) is 1. The summed E-state index contributed by atoms with van der Waals surface area (Å²) in [5.74, 6) is 0.521. The van der Waals surface area contributed by atoms with Gasteiger partial charge in [0.05, 0.1) is 29.7 Å². The maximum atomic E-state index is 12.8. The molecule has 1 aliphatic rings. The zero-order chi connectivity index (χ0) is 18.8. The summed E-state index contributed by atoms with van der Waals surface area (Å²) >= 11 is 0. The van der Waals surface area contributed by atoms with Crippen LogP contribution < -0.4 is 10.5 Å². The molecule has 0 saturated carbocycles. The van der Waals surface area contributed by atoms with Crippen molar-refractivity contribution in [3.63, 3.8) is 0 Å². The highest BCUT2D eigenvalue weighted by molar-refractivity contribution is 5.97. The van der Waals surface area contributed by atoms with Crippen LogP contribution in [-0.2, 0) is 17.8 Å². The van der Waals surface area contributed by atoms with Crippen LogP contribution in [0.5, 0.6) is 0 Å². The predicted octanol–water partition coefficient (Wildman–Crippen LogP) is 2.46. The molecule has 2 heterocycles. The summed E-state index contributed by atoms with van der Waals surface area (Å²) < 4.78 is 0. The number of hydrogen-bond donors (Lipinski definition) is 1. The fourth-order valence-electron chi connectivity index (χ4n) is 3.33. The van der Waals surface area contributed by atoms with Crippen molar-refractivity contribution in [1.82, 2.24) is 14.9 Å². The Bertz CT molecular complexity index is 1090. The highest BCUT2D eigenvalue weighted by Gasteiger charge is 2.20. The van der Waals surface area contributed by atoms with Gasteiger partial charge in [-0.2, -0.15) is 0 Å². The summed E-state index contributed by atoms with van der Waals surface area (Å²) in [5.41, 5.74) is 2.55. The summed E-state index contributed by atoms with van der Waals surface area (Å²) in [6.07, 6.45) is 4.65. The van der Waals surface area contributed by atoms with E-state index in [2.05, 4.69) is 9.97 Å². The van der Waals surface area contributed by atoms with Gasteiger partial charge in [0, 0.05) is 6.20 Å². The molecule has 1 aromatic heterocycles. The molecular weight excluding hydrogens is 340 g/mol. The van der Waals surface area contributed by atoms with Crippen molar-refractivity contribution < 1.29 is 4.79 Å². The minimum Gasteiger partial charge on any atom is -0.309 e. The molecular formula is C21H20N4O2. The van der Waals surface area contributed by atoms with E-state index in [1.165, 1.54) is 0 Å². The SMILES string of the molecule is CN(CC(=O)N1C=CCc2ccccc21)Cc1nc2ccccc2c(=O)[nH]1. The Morgan fingerprint density at radius 3 is 2.85 bits per heavy atom. The van der Waals surface area contributed by atoms with Crippen molar-refractivity contribution in [3.05, 3.63) is 82.5 Å². The minimum absolute atomic E-state index is 0.0240. The number of rotatable bonds is 4. The molecule has 1 amide bonds. The topological polar surface area (TPSA) is 69.3 Å². The number of carbonyl (C=O) groups excluding carboxylic acids is 1. The molecule has 6 nitrogen and oxygen atoms in total. The molecule has 1 aliphatic heterocycles. The van der Waals surface area contributed by atoms with Crippen molar-refractivity contribution >= 4 is 22.5 Å². The van der Waals surface area contributed by atoms with E-state index in [1.54, 1.807) is 11.0 Å². The molecule has 1 N–H and O–H groups in total. The van der Waals surface area contributed by atoms with E-state index in [-0.39, 0.29) is 18.0 Å². The normalized spacial score (nSPS) is 13.2. The molecule has 3 aromatic rings. The number of H-pyrrole nitrogens is 1. The highest BCUT2D eigenvalue weighted by Crippen LogP contribution is 2.25. The number of hydrogen-bond acceptors (Lipinski definition) is 4. The molecule has 0 aliphatic carbocycles. The van der Waals surface area contributed by atoms with E-state index in [1.807, 2.05) is 66.7 Å². The number of aromatic amines is 1. The van der Waals surface area contributed by atoms with Crippen LogP contribution in [0.4, 0.5) is 5.69 Å². The Balaban J connectivity index is 1.49. The smallest absolute Gasteiger partial charge is 0.258 e. The van der Waals surface area contributed by atoms with Gasteiger partial charge in [-0.15, -0.1) is 0 Å². The van der Waals surface area contributed by atoms with Crippen LogP contribution in [0.15, 0.2) is 65.6 Å². The lowest BCUT2D eigenvalue weighted by Crippen LogP contribution is -2.37. The maximum absolute atomic E-state index is 12.8. The summed E-state index contributed by atoms with van der Waals surface area (Å²) in [4.78, 5) is 35.8. The highest BCUT2D eigenvalue weighted by atomic mass is 16.2. The number of carbonyl (C=O) groups is 1. The number of likely N-dealkylation sites (N-methyl/N-ethyl adjacent to an activating group) is 1. The summed E-state index contributed by atoms with van der Waals surface area (Å²) in [6, 6.07) is 15.1. The molecule has 2 aromatic carbocycles. The number of amides is 1. The first-order valence-electron chi connectivity index (χ1n) is 8.85. The van der Waals surface area contributed by atoms with Crippen LogP contribution in [0.3, 0.4) is 0 Å². The fourth-order valence-corrected chi connectivity index (χ4v) is 3.33. The summed E-state index contributed by atoms with van der Waals surface area (Å²) in [7, 11) is 1.84. The molecule has 6 heteroatoms. The van der Waals surface area contributed by atoms with Gasteiger partial charge in [0.25, 0.3) is 5.56 Å². The number of nitrogens with zero attached hydrogens (tertiary/aromatic N) is 3. The molecule has 27 heavy (non-hydrogen) atoms. The summed E-state index contributed by atoms with van der Waals surface area (Å²) in [6.45, 7) is 0.597. The van der Waals surface area contributed by atoms with E-state index < -0.39 is 0 Å². The monoisotopic (exact) mass is 360 g/mol. The Kier molecular flexibility index (Phi) is 4.56. The van der Waals surface area contributed by atoms with E-state index in [0.717, 1.165) is 17.7 Å². The van der Waals surface area contributed by atoms with Gasteiger partial charge in [-0.3, -0.25) is 19.4 Å². The average Bonchev–Trinajstić information content (AvgIpc) is 2.67. The Morgan fingerprint density at radius 2 is 1.96 bits per heavy atom. The number of benzene rings is 2. The van der Waals surface area contributed by atoms with Gasteiger partial charge in [0.2, 0.25) is 5.91 Å². The van der Waals surface area contributed by atoms with Crippen LogP contribution >= 0.6 is 0 Å². The van der Waals surface area contributed by atoms with E-state index in [0.29, 0.717) is 23.3 Å². The number of allylic oxidation sites excluding steroid dienone is 1. The second kappa shape index (κ2) is 7.17. The Morgan fingerprint density at radius 1 is 1.19 bits per heavy atom. The first kappa shape index (κ1) is 17.2. The van der Waals surface area contributed by atoms with Crippen LogP contribution in [0.2, 0.25) is 0 Å². The van der Waals surface area contributed by atoms with Gasteiger partial charge in [-0.25, -0.2) is 4.98 Å². The quantitative estimate of drug-likeness (QED) is 0.776. The first-order chi connectivity index (χ1) is 13.1. The van der Waals surface area contributed by atoms with E-state index in [4.69, 9.17) is 0 Å². The second-order valence-corrected chi connectivity index (χ2v) is 6.68. The average molecular weight is 360 g/mol. The van der Waals surface area contributed by atoms with Gasteiger partial charge in [-0.1, -0.05) is 36.4 Å². The van der Waals surface area contributed by atoms with Crippen molar-refractivity contribution in [3.8, 4) is 0 Å². The standard InChI is InChI=1S/C21H20N4O2/c1-24(13-19-22-17-10-4-3-9-16(17)21(27)23-19)14-20(26)25-12-6-8-15-7-2-5-11-18(15)25/h2-7,9-12H,8,13-14H2,1H3,(H,22,23,27). The molecule has 0 atom stereocenters. The third-order valence-electron chi connectivity index (χ3n) is 4.60. The Labute approximate surface area is 156 Å². The molecule has 0 saturated heterocycles. The lowest BCUT2D eigenvalue weighted by Gasteiger charge is -2.26. The van der Waals surface area contributed by atoms with Crippen LogP contribution in [0.1, 0.15) is 11.4 Å². The molecule has 0 bridgehead atoms. The number of anilines is 1. The largest absolute Gasteiger partial charge is 0.309 e. The van der Waals surface area contributed by atoms with E-state index >= 15 is 0 Å². The number of fused-ring (bicyclic) bond motifs is 2. The van der Waals surface area contributed by atoms with E-state index in [9.17, 15) is 9.59 Å². The molecule has 0 spiro atoms. The molecule has 4 rings (SSSR count). The van der Waals surface area contributed by atoms with Crippen LogP contribution in [-0.4, -0.2) is 34.4 Å². The number of aromatic nitrogens is 2. The van der Waals surface area contributed by atoms with Gasteiger partial charge < -0.3 is 4.98 Å².